The first kappa shape index (κ1) is 15.5. The van der Waals surface area contributed by atoms with Gasteiger partial charge >= 0.3 is 0 Å². The number of nitrogens with zero attached hydrogens (tertiary/aromatic N) is 1. The highest BCUT2D eigenvalue weighted by Gasteiger charge is 2.19. The molecule has 2 aromatic carbocycles. The van der Waals surface area contributed by atoms with E-state index in [1.165, 1.54) is 16.7 Å². The topological polar surface area (TPSA) is 12.4 Å². The predicted molar refractivity (Wildman–Crippen MR) is 98.8 cm³/mol. The van der Waals surface area contributed by atoms with E-state index in [0.717, 1.165) is 18.4 Å². The zero-order valence-corrected chi connectivity index (χ0v) is 13.8. The van der Waals surface area contributed by atoms with E-state index >= 15 is 0 Å². The van der Waals surface area contributed by atoms with Gasteiger partial charge < -0.3 is 4.99 Å². The maximum Gasteiger partial charge on any atom is 0.0531 e. The fourth-order valence-corrected chi connectivity index (χ4v) is 2.95. The standard InChI is InChI=1S/C22H22N/c1-3-22(4-2)16-15-20(17-23-22)21(18-11-7-5-8-12-18)19-13-9-6-10-14-19/h5-16H,3-4H2,1-2H3/q-1. The highest BCUT2D eigenvalue weighted by atomic mass is 14.8. The van der Waals surface area contributed by atoms with E-state index in [-0.39, 0.29) is 5.54 Å². The molecule has 0 radical (unpaired) electrons. The maximum atomic E-state index is 4.76. The first-order chi connectivity index (χ1) is 11.3. The van der Waals surface area contributed by atoms with Crippen molar-refractivity contribution in [3.8, 4) is 0 Å². The normalized spacial score (nSPS) is 15.7. The molecular formula is C22H22N-. The smallest absolute Gasteiger partial charge is 0.0531 e. The molecule has 1 heteroatoms. The molecule has 116 valence electrons. The van der Waals surface area contributed by atoms with E-state index in [9.17, 15) is 0 Å². The van der Waals surface area contributed by atoms with E-state index in [4.69, 9.17) is 4.99 Å². The molecule has 23 heavy (non-hydrogen) atoms. The van der Waals surface area contributed by atoms with E-state index in [1.807, 2.05) is 12.1 Å². The second-order valence-corrected chi connectivity index (χ2v) is 5.89. The molecule has 0 N–H and O–H groups in total. The molecule has 2 aromatic rings. The first-order valence-electron chi connectivity index (χ1n) is 8.30. The predicted octanol–water partition coefficient (Wildman–Crippen LogP) is 5.56. The molecule has 0 saturated carbocycles. The Morgan fingerprint density at radius 3 is 1.78 bits per heavy atom. The number of allylic oxidation sites excluding steroid dienone is 2. The van der Waals surface area contributed by atoms with Crippen molar-refractivity contribution in [2.45, 2.75) is 32.2 Å². The van der Waals surface area contributed by atoms with Crippen molar-refractivity contribution in [1.29, 1.82) is 0 Å². The molecule has 0 amide bonds. The van der Waals surface area contributed by atoms with Gasteiger partial charge in [-0.3, -0.25) is 0 Å². The van der Waals surface area contributed by atoms with Gasteiger partial charge in [-0.1, -0.05) is 91.9 Å². The third-order valence-electron chi connectivity index (χ3n) is 4.58. The van der Waals surface area contributed by atoms with Crippen molar-refractivity contribution in [2.75, 3.05) is 0 Å². The van der Waals surface area contributed by atoms with Crippen LogP contribution in [0.4, 0.5) is 0 Å². The average Bonchev–Trinajstić information content (AvgIpc) is 2.65. The van der Waals surface area contributed by atoms with Crippen molar-refractivity contribution in [1.82, 2.24) is 0 Å². The summed E-state index contributed by atoms with van der Waals surface area (Å²) in [5.74, 6) is 0. The van der Waals surface area contributed by atoms with E-state index in [1.54, 1.807) is 0 Å². The molecule has 0 spiro atoms. The summed E-state index contributed by atoms with van der Waals surface area (Å²) < 4.78 is 0. The van der Waals surface area contributed by atoms with Gasteiger partial charge in [0.1, 0.15) is 0 Å². The number of aliphatic imine (C=N–C) groups is 1. The Morgan fingerprint density at radius 1 is 0.870 bits per heavy atom. The monoisotopic (exact) mass is 300 g/mol. The summed E-state index contributed by atoms with van der Waals surface area (Å²) in [6.45, 7) is 4.37. The van der Waals surface area contributed by atoms with Gasteiger partial charge in [0.15, 0.2) is 0 Å². The third kappa shape index (κ3) is 3.19. The van der Waals surface area contributed by atoms with Gasteiger partial charge in [0, 0.05) is 0 Å². The minimum atomic E-state index is -0.0814. The zero-order valence-electron chi connectivity index (χ0n) is 13.8. The lowest BCUT2D eigenvalue weighted by molar-refractivity contribution is 0.496. The molecule has 1 heterocycles. The van der Waals surface area contributed by atoms with Gasteiger partial charge in [-0.25, -0.2) is 0 Å². The van der Waals surface area contributed by atoms with Crippen LogP contribution in [0.5, 0.6) is 0 Å². The molecule has 3 rings (SSSR count). The largest absolute Gasteiger partial charge is 0.350 e. The van der Waals surface area contributed by atoms with Gasteiger partial charge in [-0.2, -0.15) is 11.6 Å². The molecule has 1 aliphatic rings. The summed E-state index contributed by atoms with van der Waals surface area (Å²) in [5, 5.41) is 0. The summed E-state index contributed by atoms with van der Waals surface area (Å²) in [5.41, 5.74) is 4.55. The van der Waals surface area contributed by atoms with Crippen LogP contribution in [0.3, 0.4) is 0 Å². The molecule has 0 aliphatic carbocycles. The first-order valence-corrected chi connectivity index (χ1v) is 8.30. The number of rotatable bonds is 4. The summed E-state index contributed by atoms with van der Waals surface area (Å²) in [4.78, 5) is 4.76. The van der Waals surface area contributed by atoms with Gasteiger partial charge in [0.05, 0.1) is 5.54 Å². The number of dihydropyridines is 1. The van der Waals surface area contributed by atoms with Crippen LogP contribution in [0.15, 0.2) is 83.4 Å². The van der Waals surface area contributed by atoms with Crippen LogP contribution < -0.4 is 0 Å². The van der Waals surface area contributed by atoms with E-state index < -0.39 is 0 Å². The summed E-state index contributed by atoms with van der Waals surface area (Å²) in [7, 11) is 0. The SMILES string of the molecule is CCC1(CC)C=CC(=C(c2ccccc2)c2ccccc2)[C-]=N1. The maximum absolute atomic E-state index is 4.76. The second kappa shape index (κ2) is 6.78. The summed E-state index contributed by atoms with van der Waals surface area (Å²) in [6.07, 6.45) is 9.77. The lowest BCUT2D eigenvalue weighted by atomic mass is 9.87. The lowest BCUT2D eigenvalue weighted by Gasteiger charge is -2.32. The highest BCUT2D eigenvalue weighted by molar-refractivity contribution is 6.00. The van der Waals surface area contributed by atoms with Gasteiger partial charge in [0.25, 0.3) is 0 Å². The van der Waals surface area contributed by atoms with E-state index in [0.29, 0.717) is 0 Å². The Labute approximate surface area is 139 Å². The zero-order chi connectivity index (χ0) is 16.1. The van der Waals surface area contributed by atoms with Crippen LogP contribution in [0, 0.1) is 0 Å². The molecule has 0 saturated heterocycles. The van der Waals surface area contributed by atoms with Crippen LogP contribution in [0.1, 0.15) is 37.8 Å². The third-order valence-corrected chi connectivity index (χ3v) is 4.58. The van der Waals surface area contributed by atoms with Crippen molar-refractivity contribution in [3.05, 3.63) is 89.5 Å². The van der Waals surface area contributed by atoms with Gasteiger partial charge in [-0.15, -0.1) is 11.6 Å². The Bertz CT molecular complexity index is 673. The summed E-state index contributed by atoms with van der Waals surface area (Å²) in [6, 6.07) is 21.0. The van der Waals surface area contributed by atoms with Crippen LogP contribution in [0.25, 0.3) is 5.57 Å². The molecule has 0 aromatic heterocycles. The molecule has 1 aliphatic heterocycles. The molecule has 0 atom stereocenters. The van der Waals surface area contributed by atoms with E-state index in [2.05, 4.69) is 80.7 Å². The lowest BCUT2D eigenvalue weighted by Crippen LogP contribution is -2.24. The Kier molecular flexibility index (Phi) is 4.57. The minimum Gasteiger partial charge on any atom is -0.350 e. The van der Waals surface area contributed by atoms with Crippen LogP contribution in [-0.2, 0) is 0 Å². The van der Waals surface area contributed by atoms with Crippen LogP contribution >= 0.6 is 0 Å². The van der Waals surface area contributed by atoms with Gasteiger partial charge in [-0.05, 0) is 12.8 Å². The number of hydrogen-bond acceptors (Lipinski definition) is 1. The number of hydrogen-bond donors (Lipinski definition) is 0. The number of benzene rings is 2. The highest BCUT2D eigenvalue weighted by Crippen LogP contribution is 2.32. The average molecular weight is 300 g/mol. The summed E-state index contributed by atoms with van der Waals surface area (Å²) >= 11 is 0. The van der Waals surface area contributed by atoms with Crippen molar-refractivity contribution in [3.63, 3.8) is 0 Å². The fraction of sp³-hybridized carbons (Fsp3) is 0.227. The molecule has 0 fully saturated rings. The van der Waals surface area contributed by atoms with Crippen molar-refractivity contribution in [2.24, 2.45) is 4.99 Å². The quantitative estimate of drug-likeness (QED) is 0.655. The second-order valence-electron chi connectivity index (χ2n) is 5.89. The molecule has 0 unspecified atom stereocenters. The van der Waals surface area contributed by atoms with Crippen LogP contribution in [0.2, 0.25) is 0 Å². The minimum absolute atomic E-state index is 0.0814. The van der Waals surface area contributed by atoms with Crippen molar-refractivity contribution >= 4 is 11.8 Å². The fourth-order valence-electron chi connectivity index (χ4n) is 2.95. The van der Waals surface area contributed by atoms with Crippen molar-refractivity contribution < 1.29 is 0 Å². The Morgan fingerprint density at radius 2 is 1.39 bits per heavy atom. The molecular weight excluding hydrogens is 278 g/mol. The Hall–Kier alpha value is -2.41. The molecule has 0 bridgehead atoms. The molecule has 1 nitrogen and oxygen atoms in total. The van der Waals surface area contributed by atoms with Crippen LogP contribution in [-0.4, -0.2) is 11.8 Å². The van der Waals surface area contributed by atoms with Gasteiger partial charge in [0.2, 0.25) is 0 Å². The Balaban J connectivity index is 2.13.